The van der Waals surface area contributed by atoms with Crippen LogP contribution in [0.1, 0.15) is 5.56 Å². The van der Waals surface area contributed by atoms with E-state index in [1.807, 2.05) is 0 Å². The molecule has 1 amide bonds. The lowest BCUT2D eigenvalue weighted by molar-refractivity contribution is -0.167. The monoisotopic (exact) mass is 315 g/mol. The molecule has 88 valence electrons. The number of alkyl halides is 4. The van der Waals surface area contributed by atoms with Crippen molar-refractivity contribution in [2.45, 2.75) is 11.5 Å². The van der Waals surface area contributed by atoms with E-state index in [9.17, 15) is 18.0 Å². The summed E-state index contributed by atoms with van der Waals surface area (Å²) in [6.45, 7) is 0. The zero-order valence-corrected chi connectivity index (χ0v) is 10.1. The van der Waals surface area contributed by atoms with E-state index in [1.165, 1.54) is 6.07 Å². The Bertz CT molecular complexity index is 408. The number of carbonyl (C=O) groups is 1. The van der Waals surface area contributed by atoms with Crippen LogP contribution in [0, 0.1) is 0 Å². The fourth-order valence-corrected chi connectivity index (χ4v) is 1.71. The summed E-state index contributed by atoms with van der Waals surface area (Å²) in [5.74, 6) is -2.04. The van der Waals surface area contributed by atoms with E-state index in [0.29, 0.717) is 10.9 Å². The summed E-state index contributed by atoms with van der Waals surface area (Å²) in [5, 5.41) is 2.10. The molecular formula is C9H6BrClF3NO. The first kappa shape index (κ1) is 13.3. The molecule has 0 aliphatic carbocycles. The first-order valence-electron chi connectivity index (χ1n) is 4.07. The summed E-state index contributed by atoms with van der Waals surface area (Å²) < 4.78 is 36.1. The Morgan fingerprint density at radius 3 is 2.56 bits per heavy atom. The number of benzene rings is 1. The molecule has 0 fully saturated rings. The number of rotatable bonds is 2. The van der Waals surface area contributed by atoms with Gasteiger partial charge in [-0.3, -0.25) is 4.79 Å². The summed E-state index contributed by atoms with van der Waals surface area (Å²) in [4.78, 5) is 10.7. The maximum Gasteiger partial charge on any atom is 0.471 e. The third-order valence-corrected chi connectivity index (χ3v) is 2.66. The number of anilines is 1. The zero-order valence-electron chi connectivity index (χ0n) is 7.74. The molecule has 0 aromatic heterocycles. The molecule has 1 N–H and O–H groups in total. The van der Waals surface area contributed by atoms with Crippen LogP contribution < -0.4 is 5.32 Å². The fraction of sp³-hybridized carbons (Fsp3) is 0.222. The lowest BCUT2D eigenvalue weighted by Crippen LogP contribution is -2.30. The van der Waals surface area contributed by atoms with Gasteiger partial charge in [0.1, 0.15) is 0 Å². The average molecular weight is 317 g/mol. The van der Waals surface area contributed by atoms with Crippen molar-refractivity contribution in [1.82, 2.24) is 0 Å². The van der Waals surface area contributed by atoms with Gasteiger partial charge in [-0.15, -0.1) is 0 Å². The van der Waals surface area contributed by atoms with E-state index in [2.05, 4.69) is 15.9 Å². The van der Waals surface area contributed by atoms with Crippen LogP contribution in [0.2, 0.25) is 5.02 Å². The number of para-hydroxylation sites is 1. The molecule has 0 saturated carbocycles. The van der Waals surface area contributed by atoms with Crippen LogP contribution in [-0.4, -0.2) is 12.1 Å². The summed E-state index contributed by atoms with van der Waals surface area (Å²) in [7, 11) is 0. The van der Waals surface area contributed by atoms with E-state index in [-0.39, 0.29) is 10.7 Å². The van der Waals surface area contributed by atoms with Crippen LogP contribution in [-0.2, 0) is 10.1 Å². The predicted octanol–water partition coefficient (Wildman–Crippen LogP) is 3.74. The van der Waals surface area contributed by atoms with Crippen molar-refractivity contribution < 1.29 is 18.0 Å². The molecule has 0 atom stereocenters. The quantitative estimate of drug-likeness (QED) is 0.828. The van der Waals surface area contributed by atoms with Gasteiger partial charge in [0.2, 0.25) is 0 Å². The van der Waals surface area contributed by atoms with E-state index in [1.54, 1.807) is 17.4 Å². The molecule has 1 aromatic carbocycles. The first-order valence-corrected chi connectivity index (χ1v) is 5.57. The topological polar surface area (TPSA) is 29.1 Å². The molecule has 0 bridgehead atoms. The minimum atomic E-state index is -4.93. The maximum atomic E-state index is 12.0. The van der Waals surface area contributed by atoms with Gasteiger partial charge >= 0.3 is 12.1 Å². The highest BCUT2D eigenvalue weighted by Crippen LogP contribution is 2.29. The van der Waals surface area contributed by atoms with Gasteiger partial charge in [-0.1, -0.05) is 39.7 Å². The Kier molecular flexibility index (Phi) is 4.21. The first-order chi connectivity index (χ1) is 7.36. The zero-order chi connectivity index (χ0) is 12.3. The highest BCUT2D eigenvalue weighted by molar-refractivity contribution is 9.08. The molecule has 1 aromatic rings. The molecular weight excluding hydrogens is 310 g/mol. The van der Waals surface area contributed by atoms with Gasteiger partial charge in [0.15, 0.2) is 0 Å². The fourth-order valence-electron chi connectivity index (χ4n) is 1.00. The average Bonchev–Trinajstić information content (AvgIpc) is 2.19. The molecule has 0 aliphatic heterocycles. The summed E-state index contributed by atoms with van der Waals surface area (Å²) in [5.41, 5.74) is 0.452. The molecule has 2 nitrogen and oxygen atoms in total. The largest absolute Gasteiger partial charge is 0.471 e. The summed E-state index contributed by atoms with van der Waals surface area (Å²) >= 11 is 8.79. The lowest BCUT2D eigenvalue weighted by Gasteiger charge is -2.12. The van der Waals surface area contributed by atoms with Crippen molar-refractivity contribution in [3.63, 3.8) is 0 Å². The molecule has 1 rings (SSSR count). The van der Waals surface area contributed by atoms with Crippen molar-refractivity contribution in [2.24, 2.45) is 0 Å². The number of carbonyl (C=O) groups excluding carboxylic acids is 1. The maximum absolute atomic E-state index is 12.0. The normalized spacial score (nSPS) is 11.3. The minimum absolute atomic E-state index is 0.0247. The number of hydrogen-bond acceptors (Lipinski definition) is 1. The van der Waals surface area contributed by atoms with Gasteiger partial charge in [-0.05, 0) is 11.6 Å². The van der Waals surface area contributed by atoms with Gasteiger partial charge in [0.05, 0.1) is 10.7 Å². The van der Waals surface area contributed by atoms with Gasteiger partial charge in [0, 0.05) is 5.33 Å². The number of nitrogens with one attached hydrogen (secondary N) is 1. The Labute approximate surface area is 103 Å². The number of halogens is 5. The van der Waals surface area contributed by atoms with Crippen LogP contribution in [0.4, 0.5) is 18.9 Å². The van der Waals surface area contributed by atoms with Crippen LogP contribution in [0.3, 0.4) is 0 Å². The Morgan fingerprint density at radius 2 is 2.06 bits per heavy atom. The van der Waals surface area contributed by atoms with Gasteiger partial charge in [-0.2, -0.15) is 13.2 Å². The molecule has 0 spiro atoms. The molecule has 0 aliphatic rings. The molecule has 0 radical (unpaired) electrons. The standard InChI is InChI=1S/C9H6BrClF3NO/c10-4-5-2-1-3-6(11)7(5)15-8(16)9(12,13)14/h1-3H,4H2,(H,15,16). The lowest BCUT2D eigenvalue weighted by atomic mass is 10.2. The molecule has 0 saturated heterocycles. The molecule has 0 heterocycles. The molecule has 0 unspecified atom stereocenters. The SMILES string of the molecule is O=C(Nc1c(Cl)cccc1CBr)C(F)(F)F. The molecule has 16 heavy (non-hydrogen) atoms. The van der Waals surface area contributed by atoms with Crippen LogP contribution in [0.5, 0.6) is 0 Å². The van der Waals surface area contributed by atoms with Crippen LogP contribution in [0.25, 0.3) is 0 Å². The minimum Gasteiger partial charge on any atom is -0.317 e. The highest BCUT2D eigenvalue weighted by atomic mass is 79.9. The van der Waals surface area contributed by atoms with Crippen molar-refractivity contribution in [2.75, 3.05) is 5.32 Å². The highest BCUT2D eigenvalue weighted by Gasteiger charge is 2.39. The van der Waals surface area contributed by atoms with Crippen molar-refractivity contribution >= 4 is 39.1 Å². The smallest absolute Gasteiger partial charge is 0.317 e. The van der Waals surface area contributed by atoms with Crippen LogP contribution in [0.15, 0.2) is 18.2 Å². The Balaban J connectivity index is 3.01. The second kappa shape index (κ2) is 5.05. The Morgan fingerprint density at radius 1 is 1.44 bits per heavy atom. The van der Waals surface area contributed by atoms with E-state index in [4.69, 9.17) is 11.6 Å². The summed E-state index contributed by atoms with van der Waals surface area (Å²) in [6.07, 6.45) is -4.93. The van der Waals surface area contributed by atoms with Crippen molar-refractivity contribution in [3.8, 4) is 0 Å². The summed E-state index contributed by atoms with van der Waals surface area (Å²) in [6, 6.07) is 4.55. The number of hydrogen-bond donors (Lipinski definition) is 1. The van der Waals surface area contributed by atoms with Gasteiger partial charge in [-0.25, -0.2) is 0 Å². The van der Waals surface area contributed by atoms with Gasteiger partial charge < -0.3 is 5.32 Å². The molecule has 7 heteroatoms. The number of amides is 1. The van der Waals surface area contributed by atoms with E-state index < -0.39 is 12.1 Å². The third-order valence-electron chi connectivity index (χ3n) is 1.74. The van der Waals surface area contributed by atoms with Crippen molar-refractivity contribution in [1.29, 1.82) is 0 Å². The van der Waals surface area contributed by atoms with Crippen LogP contribution >= 0.6 is 27.5 Å². The Hall–Kier alpha value is -0.750. The second-order valence-electron chi connectivity index (χ2n) is 2.86. The van der Waals surface area contributed by atoms with Crippen molar-refractivity contribution in [3.05, 3.63) is 28.8 Å². The van der Waals surface area contributed by atoms with E-state index in [0.717, 1.165) is 0 Å². The van der Waals surface area contributed by atoms with E-state index >= 15 is 0 Å². The van der Waals surface area contributed by atoms with Gasteiger partial charge in [0.25, 0.3) is 0 Å². The predicted molar refractivity (Wildman–Crippen MR) is 58.8 cm³/mol. The third kappa shape index (κ3) is 3.12. The second-order valence-corrected chi connectivity index (χ2v) is 3.83.